The zero-order chi connectivity index (χ0) is 21.1. The van der Waals surface area contributed by atoms with Gasteiger partial charge in [0.1, 0.15) is 6.04 Å². The summed E-state index contributed by atoms with van der Waals surface area (Å²) in [6.45, 7) is 3.95. The van der Waals surface area contributed by atoms with E-state index in [4.69, 9.17) is 16.9 Å². The molecule has 0 saturated heterocycles. The molecule has 3 atom stereocenters. The van der Waals surface area contributed by atoms with E-state index in [2.05, 4.69) is 15.4 Å². The maximum atomic E-state index is 12.9. The molecule has 0 radical (unpaired) electrons. The van der Waals surface area contributed by atoms with Gasteiger partial charge in [0, 0.05) is 12.5 Å². The molecule has 0 aromatic heterocycles. The van der Waals surface area contributed by atoms with Gasteiger partial charge in [-0.2, -0.15) is 0 Å². The van der Waals surface area contributed by atoms with E-state index < -0.39 is 27.8 Å². The van der Waals surface area contributed by atoms with Crippen LogP contribution < -0.4 is 21.1 Å². The van der Waals surface area contributed by atoms with Gasteiger partial charge in [-0.1, -0.05) is 53.8 Å². The van der Waals surface area contributed by atoms with Gasteiger partial charge in [0.15, 0.2) is 5.78 Å². The van der Waals surface area contributed by atoms with E-state index in [0.29, 0.717) is 25.8 Å². The lowest BCUT2D eigenvalue weighted by molar-refractivity contribution is -0.130. The van der Waals surface area contributed by atoms with Crippen LogP contribution in [0.4, 0.5) is 4.79 Å². The standard InChI is InChI=1S/C19H30N4O3S2/c1-13(2)17(24)15(10-7-11-21-19(20)26)22-18(25)16(23-28(3)27)12-14-8-5-4-6-9-14/h4-6,8-9,13,15-16,23H,7,10-12H2,1-3H3,(H,22,25)(H3,20,21,26)/t15-,16-,28?/m0/s1. The fraction of sp³-hybridized carbons (Fsp3) is 0.526. The maximum Gasteiger partial charge on any atom is 0.312 e. The quantitative estimate of drug-likeness (QED) is 0.372. The second kappa shape index (κ2) is 12.6. The molecule has 156 valence electrons. The van der Waals surface area contributed by atoms with Crippen molar-refractivity contribution in [3.63, 3.8) is 0 Å². The molecule has 3 amide bonds. The van der Waals surface area contributed by atoms with Crippen molar-refractivity contribution in [1.82, 2.24) is 15.4 Å². The van der Waals surface area contributed by atoms with Crippen LogP contribution in [0.5, 0.6) is 0 Å². The largest absolute Gasteiger partial charge is 0.352 e. The van der Waals surface area contributed by atoms with E-state index in [-0.39, 0.29) is 17.6 Å². The van der Waals surface area contributed by atoms with Gasteiger partial charge >= 0.3 is 6.03 Å². The van der Waals surface area contributed by atoms with Gasteiger partial charge in [-0.05, 0) is 42.3 Å². The number of hydrogen-bond donors (Lipinski definition) is 4. The third kappa shape index (κ3) is 9.38. The summed E-state index contributed by atoms with van der Waals surface area (Å²) in [5.41, 5.74) is 6.06. The van der Waals surface area contributed by atoms with E-state index in [1.165, 1.54) is 0 Å². The number of nitrogens with two attached hydrogens (primary N) is 1. The first-order valence-corrected chi connectivity index (χ1v) is 11.8. The Morgan fingerprint density at radius 1 is 1.14 bits per heavy atom. The average Bonchev–Trinajstić information content (AvgIpc) is 2.63. The molecule has 0 fully saturated rings. The van der Waals surface area contributed by atoms with Crippen molar-refractivity contribution in [3.8, 4) is 0 Å². The Kier molecular flexibility index (Phi) is 10.9. The molecule has 1 unspecified atom stereocenters. The topological polar surface area (TPSA) is 113 Å². The van der Waals surface area contributed by atoms with Crippen LogP contribution in [0.2, 0.25) is 0 Å². The normalized spacial score (nSPS) is 14.1. The highest BCUT2D eigenvalue weighted by Crippen LogP contribution is 2.09. The Balaban J connectivity index is 2.82. The van der Waals surface area contributed by atoms with Crippen LogP contribution in [-0.2, 0) is 36.8 Å². The predicted molar refractivity (Wildman–Crippen MR) is 116 cm³/mol. The molecular formula is C19H30N4O3S2. The molecule has 0 bridgehead atoms. The van der Waals surface area contributed by atoms with Crippen molar-refractivity contribution >= 4 is 38.5 Å². The summed E-state index contributed by atoms with van der Waals surface area (Å²) in [6, 6.07) is 7.90. The first-order valence-electron chi connectivity index (χ1n) is 9.21. The van der Waals surface area contributed by atoms with Crippen LogP contribution in [0.1, 0.15) is 32.3 Å². The molecule has 0 aliphatic heterocycles. The molecule has 0 spiro atoms. The summed E-state index contributed by atoms with van der Waals surface area (Å²) in [7, 11) is -0.560. The van der Waals surface area contributed by atoms with E-state index >= 15 is 0 Å². The first kappa shape index (κ1) is 24.2. The Morgan fingerprint density at radius 2 is 1.79 bits per heavy atom. The van der Waals surface area contributed by atoms with E-state index in [0.717, 1.165) is 5.56 Å². The van der Waals surface area contributed by atoms with Crippen molar-refractivity contribution in [1.29, 1.82) is 0 Å². The lowest BCUT2D eigenvalue weighted by Gasteiger charge is -2.24. The smallest absolute Gasteiger partial charge is 0.312 e. The summed E-state index contributed by atoms with van der Waals surface area (Å²) in [5.74, 6) is -0.510. The lowest BCUT2D eigenvalue weighted by Crippen LogP contribution is -2.52. The maximum absolute atomic E-state index is 12.9. The van der Waals surface area contributed by atoms with Crippen molar-refractivity contribution in [2.45, 2.75) is 45.2 Å². The molecule has 0 aliphatic carbocycles. The number of rotatable bonds is 12. The number of urea groups is 1. The van der Waals surface area contributed by atoms with E-state index in [1.54, 1.807) is 13.8 Å². The summed E-state index contributed by atoms with van der Waals surface area (Å²) < 4.78 is 3.13. The van der Waals surface area contributed by atoms with Crippen molar-refractivity contribution in [2.75, 3.05) is 12.8 Å². The fourth-order valence-corrected chi connectivity index (χ4v) is 3.66. The summed E-state index contributed by atoms with van der Waals surface area (Å²) >= 11 is 5.23. The highest BCUT2D eigenvalue weighted by molar-refractivity contribution is 8.27. The Morgan fingerprint density at radius 3 is 2.32 bits per heavy atom. The predicted octanol–water partition coefficient (Wildman–Crippen LogP) is 0.971. The number of hydrogen-bond acceptors (Lipinski definition) is 4. The van der Waals surface area contributed by atoms with Gasteiger partial charge in [-0.25, -0.2) is 9.52 Å². The summed E-state index contributed by atoms with van der Waals surface area (Å²) in [6.07, 6.45) is 3.26. The molecule has 0 aliphatic rings. The monoisotopic (exact) mass is 426 g/mol. The number of amides is 3. The van der Waals surface area contributed by atoms with Crippen LogP contribution in [-0.4, -0.2) is 42.6 Å². The molecular weight excluding hydrogens is 396 g/mol. The SMILES string of the molecule is CC(C)C(=O)[C@H](CCCNC(N)=O)NC(=O)[C@H](Cc1ccccc1)NS(C)=S. The van der Waals surface area contributed by atoms with Gasteiger partial charge in [0.2, 0.25) is 5.91 Å². The second-order valence-electron chi connectivity index (χ2n) is 6.87. The van der Waals surface area contributed by atoms with Gasteiger partial charge in [0.05, 0.1) is 6.04 Å². The molecule has 0 heterocycles. The fourth-order valence-electron chi connectivity index (χ4n) is 2.72. The van der Waals surface area contributed by atoms with Crippen LogP contribution in [0.25, 0.3) is 0 Å². The molecule has 1 rings (SSSR count). The molecule has 9 heteroatoms. The van der Waals surface area contributed by atoms with Crippen molar-refractivity contribution in [3.05, 3.63) is 35.9 Å². The van der Waals surface area contributed by atoms with Gasteiger partial charge < -0.3 is 16.4 Å². The molecule has 1 aromatic rings. The number of primary amides is 1. The molecule has 1 aromatic carbocycles. The Labute approximate surface area is 173 Å². The number of nitrogens with one attached hydrogen (secondary N) is 3. The number of carbonyl (C=O) groups is 3. The van der Waals surface area contributed by atoms with Gasteiger partial charge in [-0.3, -0.25) is 9.59 Å². The van der Waals surface area contributed by atoms with E-state index in [9.17, 15) is 14.4 Å². The molecule has 0 saturated carbocycles. The number of benzene rings is 1. The second-order valence-corrected chi connectivity index (χ2v) is 9.51. The molecule has 28 heavy (non-hydrogen) atoms. The van der Waals surface area contributed by atoms with Gasteiger partial charge in [0.25, 0.3) is 0 Å². The number of carbonyl (C=O) groups excluding carboxylic acids is 3. The minimum absolute atomic E-state index is 0.0419. The summed E-state index contributed by atoms with van der Waals surface area (Å²) in [5, 5.41) is 5.37. The summed E-state index contributed by atoms with van der Waals surface area (Å²) in [4.78, 5) is 36.2. The highest BCUT2D eigenvalue weighted by Gasteiger charge is 2.27. The number of ketones is 1. The lowest BCUT2D eigenvalue weighted by atomic mass is 9.97. The highest BCUT2D eigenvalue weighted by atomic mass is 32.8. The molecule has 7 nitrogen and oxygen atoms in total. The zero-order valence-electron chi connectivity index (χ0n) is 16.6. The minimum atomic E-state index is -0.619. The third-order valence-corrected chi connectivity index (χ3v) is 5.01. The molecule has 5 N–H and O–H groups in total. The van der Waals surface area contributed by atoms with Crippen LogP contribution >= 0.6 is 0 Å². The van der Waals surface area contributed by atoms with Crippen LogP contribution in [0, 0.1) is 5.92 Å². The number of Topliss-reactive ketones (excluding diaryl/α,β-unsaturated/α-hetero) is 1. The third-order valence-electron chi connectivity index (χ3n) is 4.11. The van der Waals surface area contributed by atoms with Crippen LogP contribution in [0.15, 0.2) is 30.3 Å². The van der Waals surface area contributed by atoms with E-state index in [1.807, 2.05) is 36.6 Å². The van der Waals surface area contributed by atoms with Crippen LogP contribution in [0.3, 0.4) is 0 Å². The Bertz CT molecular complexity index is 683. The van der Waals surface area contributed by atoms with Crippen molar-refractivity contribution in [2.24, 2.45) is 11.7 Å². The first-order chi connectivity index (χ1) is 13.2. The van der Waals surface area contributed by atoms with Gasteiger partial charge in [-0.15, -0.1) is 0 Å². The van der Waals surface area contributed by atoms with Crippen molar-refractivity contribution < 1.29 is 14.4 Å². The zero-order valence-corrected chi connectivity index (χ0v) is 18.2. The Hall–Kier alpha value is -1.84. The minimum Gasteiger partial charge on any atom is -0.352 e. The average molecular weight is 427 g/mol.